The average molecular weight is 258 g/mol. The van der Waals surface area contributed by atoms with E-state index in [1.807, 2.05) is 24.3 Å². The first-order valence-electron chi connectivity index (χ1n) is 5.75. The molecule has 0 fully saturated rings. The van der Waals surface area contributed by atoms with Crippen LogP contribution in [0.1, 0.15) is 15.9 Å². The van der Waals surface area contributed by atoms with Gasteiger partial charge < -0.3 is 15.2 Å². The monoisotopic (exact) mass is 258 g/mol. The highest BCUT2D eigenvalue weighted by atomic mass is 16.5. The van der Waals surface area contributed by atoms with Crippen LogP contribution in [-0.2, 0) is 6.54 Å². The van der Waals surface area contributed by atoms with Gasteiger partial charge in [-0.15, -0.1) is 0 Å². The molecule has 0 spiro atoms. The van der Waals surface area contributed by atoms with E-state index in [2.05, 4.69) is 10.3 Å². The molecule has 5 heteroatoms. The number of aromatic carboxylic acids is 1. The van der Waals surface area contributed by atoms with Gasteiger partial charge in [0.1, 0.15) is 5.75 Å². The average Bonchev–Trinajstić information content (AvgIpc) is 2.45. The van der Waals surface area contributed by atoms with E-state index in [9.17, 15) is 4.79 Å². The first-order valence-corrected chi connectivity index (χ1v) is 5.75. The zero-order valence-corrected chi connectivity index (χ0v) is 10.5. The minimum atomic E-state index is -0.976. The van der Waals surface area contributed by atoms with Crippen LogP contribution in [-0.4, -0.2) is 23.2 Å². The van der Waals surface area contributed by atoms with Crippen molar-refractivity contribution < 1.29 is 14.6 Å². The van der Waals surface area contributed by atoms with Gasteiger partial charge in [-0.3, -0.25) is 4.98 Å². The van der Waals surface area contributed by atoms with Crippen molar-refractivity contribution in [2.24, 2.45) is 0 Å². The van der Waals surface area contributed by atoms with Crippen LogP contribution < -0.4 is 10.1 Å². The first-order chi connectivity index (χ1) is 9.20. The summed E-state index contributed by atoms with van der Waals surface area (Å²) in [5.74, 6) is -0.209. The lowest BCUT2D eigenvalue weighted by atomic mass is 10.2. The van der Waals surface area contributed by atoms with E-state index in [1.165, 1.54) is 18.5 Å². The molecular formula is C14H14N2O3. The number of aromatic nitrogens is 1. The van der Waals surface area contributed by atoms with E-state index in [1.54, 1.807) is 7.11 Å². The smallest absolute Gasteiger partial charge is 0.337 e. The lowest BCUT2D eigenvalue weighted by molar-refractivity contribution is 0.0698. The summed E-state index contributed by atoms with van der Waals surface area (Å²) in [6.45, 7) is 0.503. The third-order valence-corrected chi connectivity index (χ3v) is 2.67. The summed E-state index contributed by atoms with van der Waals surface area (Å²) in [7, 11) is 1.61. The van der Waals surface area contributed by atoms with Crippen LogP contribution in [0.4, 0.5) is 5.69 Å². The van der Waals surface area contributed by atoms with E-state index in [0.717, 1.165) is 11.3 Å². The van der Waals surface area contributed by atoms with E-state index < -0.39 is 5.97 Å². The summed E-state index contributed by atoms with van der Waals surface area (Å²) in [5.41, 5.74) is 1.70. The highest BCUT2D eigenvalue weighted by Crippen LogP contribution is 2.17. The Balaban J connectivity index is 2.12. The largest absolute Gasteiger partial charge is 0.497 e. The maximum atomic E-state index is 11.0. The molecule has 19 heavy (non-hydrogen) atoms. The summed E-state index contributed by atoms with van der Waals surface area (Å²) in [4.78, 5) is 15.0. The third-order valence-electron chi connectivity index (χ3n) is 2.67. The summed E-state index contributed by atoms with van der Waals surface area (Å²) in [6.07, 6.45) is 2.96. The van der Waals surface area contributed by atoms with Gasteiger partial charge in [-0.2, -0.15) is 0 Å². The molecule has 0 saturated heterocycles. The van der Waals surface area contributed by atoms with Gasteiger partial charge in [0.15, 0.2) is 0 Å². The predicted octanol–water partition coefficient (Wildman–Crippen LogP) is 2.40. The zero-order chi connectivity index (χ0) is 13.7. The van der Waals surface area contributed by atoms with E-state index in [0.29, 0.717) is 12.2 Å². The number of carboxylic acid groups (broad SMARTS) is 1. The summed E-state index contributed by atoms with van der Waals surface area (Å²) >= 11 is 0. The van der Waals surface area contributed by atoms with Crippen molar-refractivity contribution in [1.29, 1.82) is 0 Å². The number of ether oxygens (including phenoxy) is 1. The Labute approximate surface area is 110 Å². The van der Waals surface area contributed by atoms with Crippen molar-refractivity contribution in [1.82, 2.24) is 4.98 Å². The van der Waals surface area contributed by atoms with Gasteiger partial charge in [-0.25, -0.2) is 4.79 Å². The van der Waals surface area contributed by atoms with Crippen molar-refractivity contribution in [3.63, 3.8) is 0 Å². The second-order valence-corrected chi connectivity index (χ2v) is 3.93. The number of anilines is 1. The standard InChI is InChI=1S/C14H14N2O3/c1-19-11-4-2-3-10(7-11)8-16-13-9-15-6-5-12(13)14(17)18/h2-7,9,16H,8H2,1H3,(H,17,18). The van der Waals surface area contributed by atoms with Crippen LogP contribution in [0.5, 0.6) is 5.75 Å². The summed E-state index contributed by atoms with van der Waals surface area (Å²) < 4.78 is 5.13. The molecule has 2 aromatic rings. The molecule has 0 aliphatic heterocycles. The minimum absolute atomic E-state index is 0.206. The molecule has 1 heterocycles. The normalized spacial score (nSPS) is 9.95. The van der Waals surface area contributed by atoms with Crippen molar-refractivity contribution in [2.75, 3.05) is 12.4 Å². The van der Waals surface area contributed by atoms with Gasteiger partial charge in [0.2, 0.25) is 0 Å². The van der Waals surface area contributed by atoms with Gasteiger partial charge in [0.05, 0.1) is 24.6 Å². The van der Waals surface area contributed by atoms with Crippen LogP contribution in [0, 0.1) is 0 Å². The van der Waals surface area contributed by atoms with E-state index >= 15 is 0 Å². The number of hydrogen-bond acceptors (Lipinski definition) is 4. The number of methoxy groups -OCH3 is 1. The molecule has 0 aliphatic rings. The molecule has 0 saturated carbocycles. The molecule has 0 amide bonds. The molecule has 1 aromatic heterocycles. The summed E-state index contributed by atoms with van der Waals surface area (Å²) in [5, 5.41) is 12.1. The summed E-state index contributed by atoms with van der Waals surface area (Å²) in [6, 6.07) is 9.04. The van der Waals surface area contributed by atoms with Gasteiger partial charge in [0, 0.05) is 12.7 Å². The second-order valence-electron chi connectivity index (χ2n) is 3.93. The molecule has 0 bridgehead atoms. The predicted molar refractivity (Wildman–Crippen MR) is 71.5 cm³/mol. The zero-order valence-electron chi connectivity index (χ0n) is 10.5. The number of hydrogen-bond donors (Lipinski definition) is 2. The maximum Gasteiger partial charge on any atom is 0.337 e. The number of carboxylic acids is 1. The molecule has 0 radical (unpaired) electrons. The molecule has 2 N–H and O–H groups in total. The fourth-order valence-electron chi connectivity index (χ4n) is 1.70. The van der Waals surface area contributed by atoms with Crippen molar-refractivity contribution in [3.05, 3.63) is 53.9 Å². The molecule has 1 aromatic carbocycles. The van der Waals surface area contributed by atoms with Gasteiger partial charge in [0.25, 0.3) is 0 Å². The molecular weight excluding hydrogens is 244 g/mol. The molecule has 0 aliphatic carbocycles. The van der Waals surface area contributed by atoms with Crippen LogP contribution in [0.15, 0.2) is 42.7 Å². The van der Waals surface area contributed by atoms with Gasteiger partial charge in [-0.1, -0.05) is 12.1 Å². The first kappa shape index (κ1) is 12.9. The van der Waals surface area contributed by atoms with Gasteiger partial charge in [-0.05, 0) is 23.8 Å². The third kappa shape index (κ3) is 3.22. The minimum Gasteiger partial charge on any atom is -0.497 e. The Morgan fingerprint density at radius 2 is 2.26 bits per heavy atom. The molecule has 0 unspecified atom stereocenters. The fourth-order valence-corrected chi connectivity index (χ4v) is 1.70. The molecule has 98 valence electrons. The molecule has 0 atom stereocenters. The topological polar surface area (TPSA) is 71.5 Å². The second kappa shape index (κ2) is 5.86. The Kier molecular flexibility index (Phi) is 3.97. The van der Waals surface area contributed by atoms with Crippen LogP contribution in [0.3, 0.4) is 0 Å². The number of nitrogens with zero attached hydrogens (tertiary/aromatic N) is 1. The van der Waals surface area contributed by atoms with Gasteiger partial charge >= 0.3 is 5.97 Å². The Hall–Kier alpha value is -2.56. The van der Waals surface area contributed by atoms with Crippen LogP contribution in [0.2, 0.25) is 0 Å². The lowest BCUT2D eigenvalue weighted by Gasteiger charge is -2.09. The van der Waals surface area contributed by atoms with Crippen LogP contribution >= 0.6 is 0 Å². The molecule has 5 nitrogen and oxygen atoms in total. The SMILES string of the molecule is COc1cccc(CNc2cnccc2C(=O)O)c1. The number of carbonyl (C=O) groups is 1. The van der Waals surface area contributed by atoms with Crippen molar-refractivity contribution >= 4 is 11.7 Å². The van der Waals surface area contributed by atoms with E-state index in [4.69, 9.17) is 9.84 Å². The Bertz CT molecular complexity index is 584. The van der Waals surface area contributed by atoms with Crippen LogP contribution in [0.25, 0.3) is 0 Å². The van der Waals surface area contributed by atoms with Crippen molar-refractivity contribution in [2.45, 2.75) is 6.54 Å². The molecule has 2 rings (SSSR count). The van der Waals surface area contributed by atoms with Crippen molar-refractivity contribution in [3.8, 4) is 5.75 Å². The number of pyridine rings is 1. The maximum absolute atomic E-state index is 11.0. The number of nitrogens with one attached hydrogen (secondary N) is 1. The fraction of sp³-hybridized carbons (Fsp3) is 0.143. The highest BCUT2D eigenvalue weighted by molar-refractivity contribution is 5.93. The lowest BCUT2D eigenvalue weighted by Crippen LogP contribution is -2.06. The highest BCUT2D eigenvalue weighted by Gasteiger charge is 2.09. The Morgan fingerprint density at radius 1 is 1.42 bits per heavy atom. The van der Waals surface area contributed by atoms with E-state index in [-0.39, 0.29) is 5.56 Å². The number of benzene rings is 1. The quantitative estimate of drug-likeness (QED) is 0.861. The number of rotatable bonds is 5. The Morgan fingerprint density at radius 3 is 3.00 bits per heavy atom.